The number of hydrogen-bond acceptors (Lipinski definition) is 5. The number of amides is 1. The molecule has 0 unspecified atom stereocenters. The summed E-state index contributed by atoms with van der Waals surface area (Å²) in [4.78, 5) is 23.5. The summed E-state index contributed by atoms with van der Waals surface area (Å²) in [6.45, 7) is 7.91. The van der Waals surface area contributed by atoms with Gasteiger partial charge in [0.15, 0.2) is 5.65 Å². The van der Waals surface area contributed by atoms with Crippen LogP contribution in [0, 0.1) is 20.8 Å². The predicted molar refractivity (Wildman–Crippen MR) is 103 cm³/mol. The molecule has 4 rings (SSSR count). The zero-order chi connectivity index (χ0) is 18.6. The van der Waals surface area contributed by atoms with Gasteiger partial charge in [-0.3, -0.25) is 9.48 Å². The second-order valence-corrected chi connectivity index (χ2v) is 8.39. The lowest BCUT2D eigenvalue weighted by Crippen LogP contribution is -2.27. The highest BCUT2D eigenvalue weighted by Gasteiger charge is 2.29. The molecule has 136 valence electrons. The lowest BCUT2D eigenvalue weighted by Gasteiger charge is -2.14. The first-order valence-electron chi connectivity index (χ1n) is 8.94. The van der Waals surface area contributed by atoms with Crippen molar-refractivity contribution in [3.8, 4) is 0 Å². The highest BCUT2D eigenvalue weighted by atomic mass is 32.1. The van der Waals surface area contributed by atoms with E-state index in [0.717, 1.165) is 50.8 Å². The van der Waals surface area contributed by atoms with Gasteiger partial charge in [-0.15, -0.1) is 11.3 Å². The molecular formula is C19H23N5OS. The molecule has 26 heavy (non-hydrogen) atoms. The van der Waals surface area contributed by atoms with E-state index in [4.69, 9.17) is 4.98 Å². The van der Waals surface area contributed by atoms with Gasteiger partial charge in [-0.25, -0.2) is 9.97 Å². The standard InChI is InChI=1S/C19H23N5OS/c1-9-16-14(8-15(13-6-7-13)22-18(16)24(5)23-9)19(25)21-11(3)17-10(2)20-12(4)26-17/h8,11,13H,6-7H2,1-5H3,(H,21,25)/t11-/m0/s1. The molecule has 6 nitrogen and oxygen atoms in total. The molecule has 0 aromatic carbocycles. The Kier molecular flexibility index (Phi) is 4.06. The molecule has 0 bridgehead atoms. The maximum absolute atomic E-state index is 13.1. The van der Waals surface area contributed by atoms with Crippen LogP contribution in [0.3, 0.4) is 0 Å². The average molecular weight is 369 g/mol. The molecule has 1 N–H and O–H groups in total. The number of rotatable bonds is 4. The van der Waals surface area contributed by atoms with Crippen LogP contribution in [0.4, 0.5) is 0 Å². The summed E-state index contributed by atoms with van der Waals surface area (Å²) in [5, 5.41) is 9.49. The van der Waals surface area contributed by atoms with Crippen molar-refractivity contribution in [1.29, 1.82) is 0 Å². The Morgan fingerprint density at radius 3 is 2.62 bits per heavy atom. The molecule has 0 aliphatic heterocycles. The summed E-state index contributed by atoms with van der Waals surface area (Å²) in [6, 6.07) is 1.87. The third-order valence-corrected chi connectivity index (χ3v) is 6.16. The van der Waals surface area contributed by atoms with E-state index >= 15 is 0 Å². The Morgan fingerprint density at radius 1 is 1.27 bits per heavy atom. The van der Waals surface area contributed by atoms with E-state index in [9.17, 15) is 4.79 Å². The third-order valence-electron chi connectivity index (χ3n) is 4.91. The second kappa shape index (κ2) is 6.16. The Morgan fingerprint density at radius 2 is 2.00 bits per heavy atom. The molecule has 1 aliphatic rings. The monoisotopic (exact) mass is 369 g/mol. The molecule has 7 heteroatoms. The minimum absolute atomic E-state index is 0.0756. The van der Waals surface area contributed by atoms with E-state index in [2.05, 4.69) is 15.4 Å². The summed E-state index contributed by atoms with van der Waals surface area (Å²) in [5.41, 5.74) is 4.28. The van der Waals surface area contributed by atoms with Crippen LogP contribution in [-0.4, -0.2) is 25.7 Å². The fourth-order valence-electron chi connectivity index (χ4n) is 3.52. The van der Waals surface area contributed by atoms with Crippen LogP contribution in [0.1, 0.15) is 69.0 Å². The SMILES string of the molecule is Cc1nc(C)c([C@H](C)NC(=O)c2cc(C3CC3)nc3c2c(C)nn3C)s1. The molecule has 0 saturated heterocycles. The van der Waals surface area contributed by atoms with E-state index in [1.54, 1.807) is 16.0 Å². The van der Waals surface area contributed by atoms with E-state index in [1.807, 2.05) is 40.8 Å². The number of thiazole rings is 1. The van der Waals surface area contributed by atoms with Crippen molar-refractivity contribution in [1.82, 2.24) is 25.1 Å². The number of pyridine rings is 1. The van der Waals surface area contributed by atoms with Crippen LogP contribution in [-0.2, 0) is 7.05 Å². The van der Waals surface area contributed by atoms with Crippen molar-refractivity contribution in [2.24, 2.45) is 7.05 Å². The molecular weight excluding hydrogens is 346 g/mol. The molecule has 3 aromatic heterocycles. The largest absolute Gasteiger partial charge is 0.345 e. The number of fused-ring (bicyclic) bond motifs is 1. The molecule has 1 atom stereocenters. The Hall–Kier alpha value is -2.28. The van der Waals surface area contributed by atoms with Crippen molar-refractivity contribution >= 4 is 28.3 Å². The Balaban J connectivity index is 1.73. The fourth-order valence-corrected chi connectivity index (χ4v) is 4.45. The van der Waals surface area contributed by atoms with Gasteiger partial charge in [0.2, 0.25) is 0 Å². The van der Waals surface area contributed by atoms with E-state index in [1.165, 1.54) is 0 Å². The molecule has 0 spiro atoms. The Bertz CT molecular complexity index is 1010. The van der Waals surface area contributed by atoms with E-state index in [0.29, 0.717) is 11.5 Å². The van der Waals surface area contributed by atoms with Gasteiger partial charge in [-0.1, -0.05) is 0 Å². The number of aromatic nitrogens is 4. The highest BCUT2D eigenvalue weighted by Crippen LogP contribution is 2.40. The molecule has 1 amide bonds. The lowest BCUT2D eigenvalue weighted by atomic mass is 10.1. The number of carbonyl (C=O) groups excluding carboxylic acids is 1. The van der Waals surface area contributed by atoms with Crippen LogP contribution < -0.4 is 5.32 Å². The summed E-state index contributed by atoms with van der Waals surface area (Å²) in [7, 11) is 1.88. The van der Waals surface area contributed by atoms with Gasteiger partial charge in [0.05, 0.1) is 33.4 Å². The first kappa shape index (κ1) is 17.1. The third kappa shape index (κ3) is 2.90. The lowest BCUT2D eigenvalue weighted by molar-refractivity contribution is 0.0942. The number of hydrogen-bond donors (Lipinski definition) is 1. The molecule has 1 saturated carbocycles. The van der Waals surface area contributed by atoms with Crippen molar-refractivity contribution < 1.29 is 4.79 Å². The zero-order valence-electron chi connectivity index (χ0n) is 15.8. The second-order valence-electron chi connectivity index (χ2n) is 7.15. The first-order valence-corrected chi connectivity index (χ1v) is 9.75. The highest BCUT2D eigenvalue weighted by molar-refractivity contribution is 7.11. The maximum Gasteiger partial charge on any atom is 0.252 e. The fraction of sp³-hybridized carbons (Fsp3) is 0.474. The minimum atomic E-state index is -0.0849. The van der Waals surface area contributed by atoms with Gasteiger partial charge in [0.1, 0.15) is 0 Å². The Labute approximate surface area is 156 Å². The van der Waals surface area contributed by atoms with Crippen molar-refractivity contribution in [2.75, 3.05) is 0 Å². The average Bonchev–Trinajstić information content (AvgIpc) is 3.32. The number of nitrogens with zero attached hydrogens (tertiary/aromatic N) is 4. The smallest absolute Gasteiger partial charge is 0.252 e. The molecule has 1 fully saturated rings. The van der Waals surface area contributed by atoms with Crippen LogP contribution in [0.25, 0.3) is 11.0 Å². The number of carbonyl (C=O) groups is 1. The molecule has 3 heterocycles. The van der Waals surface area contributed by atoms with Crippen molar-refractivity contribution in [3.05, 3.63) is 38.6 Å². The van der Waals surface area contributed by atoms with Gasteiger partial charge in [-0.2, -0.15) is 5.10 Å². The van der Waals surface area contributed by atoms with E-state index in [-0.39, 0.29) is 11.9 Å². The number of nitrogens with one attached hydrogen (secondary N) is 1. The van der Waals surface area contributed by atoms with Crippen LogP contribution >= 0.6 is 11.3 Å². The van der Waals surface area contributed by atoms with Gasteiger partial charge in [0.25, 0.3) is 5.91 Å². The number of aryl methyl sites for hydroxylation is 4. The summed E-state index contributed by atoms with van der Waals surface area (Å²) >= 11 is 1.63. The summed E-state index contributed by atoms with van der Waals surface area (Å²) in [6.07, 6.45) is 2.29. The van der Waals surface area contributed by atoms with Crippen molar-refractivity contribution in [3.63, 3.8) is 0 Å². The van der Waals surface area contributed by atoms with E-state index < -0.39 is 0 Å². The van der Waals surface area contributed by atoms with Crippen LogP contribution in [0.15, 0.2) is 6.07 Å². The van der Waals surface area contributed by atoms with Gasteiger partial charge in [0, 0.05) is 23.5 Å². The predicted octanol–water partition coefficient (Wildman–Crippen LogP) is 3.72. The minimum Gasteiger partial charge on any atom is -0.345 e. The first-order chi connectivity index (χ1) is 12.3. The maximum atomic E-state index is 13.1. The summed E-state index contributed by atoms with van der Waals surface area (Å²) < 4.78 is 1.77. The van der Waals surface area contributed by atoms with Crippen molar-refractivity contribution in [2.45, 2.75) is 52.5 Å². The van der Waals surface area contributed by atoms with Crippen LogP contribution in [0.2, 0.25) is 0 Å². The molecule has 3 aromatic rings. The molecule has 0 radical (unpaired) electrons. The van der Waals surface area contributed by atoms with Gasteiger partial charge < -0.3 is 5.32 Å². The van der Waals surface area contributed by atoms with Gasteiger partial charge >= 0.3 is 0 Å². The quantitative estimate of drug-likeness (QED) is 0.761. The van der Waals surface area contributed by atoms with Gasteiger partial charge in [-0.05, 0) is 46.6 Å². The zero-order valence-corrected chi connectivity index (χ0v) is 16.6. The van der Waals surface area contributed by atoms with Crippen LogP contribution in [0.5, 0.6) is 0 Å². The normalized spacial score (nSPS) is 15.4. The molecule has 1 aliphatic carbocycles. The summed E-state index contributed by atoms with van der Waals surface area (Å²) in [5.74, 6) is 0.401. The topological polar surface area (TPSA) is 72.7 Å².